The number of carbonyl (C=O) groups excluding carboxylic acids is 2. The molecule has 1 heterocycles. The van der Waals surface area contributed by atoms with Gasteiger partial charge < -0.3 is 14.8 Å². The van der Waals surface area contributed by atoms with Gasteiger partial charge in [0.05, 0.1) is 30.2 Å². The summed E-state index contributed by atoms with van der Waals surface area (Å²) in [6, 6.07) is 3.97. The van der Waals surface area contributed by atoms with E-state index in [-0.39, 0.29) is 34.5 Å². The number of nitrogens with one attached hydrogen (secondary N) is 1. The van der Waals surface area contributed by atoms with Crippen molar-refractivity contribution < 1.29 is 27.5 Å². The van der Waals surface area contributed by atoms with Gasteiger partial charge in [0.2, 0.25) is 10.0 Å². The predicted octanol–water partition coefficient (Wildman–Crippen LogP) is 1.05. The Bertz CT molecular complexity index is 726. The second-order valence-electron chi connectivity index (χ2n) is 5.70. The van der Waals surface area contributed by atoms with Crippen LogP contribution in [0.3, 0.4) is 0 Å². The number of ether oxygens (including phenoxy) is 2. The minimum atomic E-state index is -3.83. The van der Waals surface area contributed by atoms with Gasteiger partial charge in [0, 0.05) is 19.1 Å². The second kappa shape index (κ2) is 9.31. The first-order chi connectivity index (χ1) is 11.8. The zero-order chi connectivity index (χ0) is 18.6. The molecule has 8 nitrogen and oxygen atoms in total. The maximum atomic E-state index is 12.9. The van der Waals surface area contributed by atoms with Crippen molar-refractivity contribution in [2.24, 2.45) is 0 Å². The molecule has 0 atom stereocenters. The van der Waals surface area contributed by atoms with Gasteiger partial charge in [0.15, 0.2) is 0 Å². The van der Waals surface area contributed by atoms with Crippen LogP contribution in [-0.4, -0.2) is 65.1 Å². The topological polar surface area (TPSA) is 102 Å². The molecule has 2 rings (SSSR count). The van der Waals surface area contributed by atoms with E-state index in [1.807, 2.05) is 7.05 Å². The molecule has 0 saturated carbocycles. The summed E-state index contributed by atoms with van der Waals surface area (Å²) in [5, 5.41) is 3.14. The summed E-state index contributed by atoms with van der Waals surface area (Å²) in [5.41, 5.74) is -0.0387. The summed E-state index contributed by atoms with van der Waals surface area (Å²) in [6.07, 6.45) is 1.38. The molecule has 1 N–H and O–H groups in total. The van der Waals surface area contributed by atoms with Crippen LogP contribution in [-0.2, 0) is 19.5 Å². The Morgan fingerprint density at radius 3 is 1.88 bits per heavy atom. The van der Waals surface area contributed by atoms with Crippen LogP contribution in [0.25, 0.3) is 0 Å². The highest BCUT2D eigenvalue weighted by Gasteiger charge is 2.30. The molecule has 0 aromatic heterocycles. The minimum absolute atomic E-state index is 0. The summed E-state index contributed by atoms with van der Waals surface area (Å²) in [5.74, 6) is -1.45. The standard InChI is InChI=1S/C16H22N2O6S.ClH/c1-17-13-4-6-18(7-5-13)25(21,22)14-9-11(15(19)23-2)8-12(10-14)16(20)24-3;/h8-10,13,17H,4-7H2,1-3H3;1H. The number of esters is 2. The second-order valence-corrected chi connectivity index (χ2v) is 7.63. The third-order valence-corrected chi connectivity index (χ3v) is 6.13. The molecule has 0 bridgehead atoms. The predicted molar refractivity (Wildman–Crippen MR) is 97.2 cm³/mol. The molecule has 0 unspecified atom stereocenters. The number of hydrogen-bond acceptors (Lipinski definition) is 7. The minimum Gasteiger partial charge on any atom is -0.465 e. The lowest BCUT2D eigenvalue weighted by Gasteiger charge is -2.31. The molecular formula is C16H23ClN2O6S. The normalized spacial score (nSPS) is 15.8. The highest BCUT2D eigenvalue weighted by molar-refractivity contribution is 7.89. The molecule has 1 aliphatic heterocycles. The van der Waals surface area contributed by atoms with Gasteiger partial charge in [0.1, 0.15) is 0 Å². The van der Waals surface area contributed by atoms with E-state index in [1.165, 1.54) is 36.7 Å². The van der Waals surface area contributed by atoms with E-state index in [0.717, 1.165) is 0 Å². The van der Waals surface area contributed by atoms with Crippen molar-refractivity contribution in [1.82, 2.24) is 9.62 Å². The third-order valence-electron chi connectivity index (χ3n) is 4.25. The first-order valence-corrected chi connectivity index (χ1v) is 9.26. The molecular weight excluding hydrogens is 384 g/mol. The average molecular weight is 407 g/mol. The maximum absolute atomic E-state index is 12.9. The average Bonchev–Trinajstić information content (AvgIpc) is 2.66. The quantitative estimate of drug-likeness (QED) is 0.729. The lowest BCUT2D eigenvalue weighted by Crippen LogP contribution is -2.43. The Hall–Kier alpha value is -1.68. The monoisotopic (exact) mass is 406 g/mol. The van der Waals surface area contributed by atoms with E-state index in [4.69, 9.17) is 0 Å². The molecule has 1 fully saturated rings. The Balaban J connectivity index is 0.00000338. The van der Waals surface area contributed by atoms with Crippen LogP contribution in [0.5, 0.6) is 0 Å². The molecule has 10 heteroatoms. The van der Waals surface area contributed by atoms with E-state index < -0.39 is 22.0 Å². The Kier molecular flexibility index (Phi) is 8.01. The highest BCUT2D eigenvalue weighted by Crippen LogP contribution is 2.23. The van der Waals surface area contributed by atoms with E-state index in [2.05, 4.69) is 14.8 Å². The number of sulfonamides is 1. The molecule has 1 saturated heterocycles. The number of piperidine rings is 1. The molecule has 1 aromatic rings. The molecule has 26 heavy (non-hydrogen) atoms. The van der Waals surface area contributed by atoms with Crippen LogP contribution < -0.4 is 5.32 Å². The lowest BCUT2D eigenvalue weighted by molar-refractivity contribution is 0.0598. The number of carbonyl (C=O) groups is 2. The fourth-order valence-electron chi connectivity index (χ4n) is 2.75. The van der Waals surface area contributed by atoms with Gasteiger partial charge in [-0.3, -0.25) is 0 Å². The van der Waals surface area contributed by atoms with Gasteiger partial charge in [-0.15, -0.1) is 12.4 Å². The largest absolute Gasteiger partial charge is 0.465 e. The first kappa shape index (κ1) is 22.4. The summed E-state index contributed by atoms with van der Waals surface area (Å²) in [4.78, 5) is 23.5. The lowest BCUT2D eigenvalue weighted by atomic mass is 10.1. The molecule has 0 amide bonds. The Morgan fingerprint density at radius 2 is 1.50 bits per heavy atom. The molecule has 1 aromatic carbocycles. The number of hydrogen-bond donors (Lipinski definition) is 1. The van der Waals surface area contributed by atoms with Gasteiger partial charge in [-0.2, -0.15) is 4.31 Å². The first-order valence-electron chi connectivity index (χ1n) is 7.82. The van der Waals surface area contributed by atoms with E-state index >= 15 is 0 Å². The van der Waals surface area contributed by atoms with Crippen molar-refractivity contribution >= 4 is 34.4 Å². The van der Waals surface area contributed by atoms with Gasteiger partial charge in [-0.05, 0) is 38.1 Å². The molecule has 0 aliphatic carbocycles. The van der Waals surface area contributed by atoms with Crippen molar-refractivity contribution in [3.05, 3.63) is 29.3 Å². The van der Waals surface area contributed by atoms with Crippen LogP contribution in [0.4, 0.5) is 0 Å². The van der Waals surface area contributed by atoms with Gasteiger partial charge in [-0.1, -0.05) is 0 Å². The third kappa shape index (κ3) is 4.73. The van der Waals surface area contributed by atoms with Crippen LogP contribution in [0.1, 0.15) is 33.6 Å². The van der Waals surface area contributed by atoms with Crippen molar-refractivity contribution in [2.75, 3.05) is 34.4 Å². The van der Waals surface area contributed by atoms with E-state index in [1.54, 1.807) is 0 Å². The fourth-order valence-corrected chi connectivity index (χ4v) is 4.29. The maximum Gasteiger partial charge on any atom is 0.337 e. The molecule has 0 radical (unpaired) electrons. The van der Waals surface area contributed by atoms with Crippen molar-refractivity contribution in [3.63, 3.8) is 0 Å². The van der Waals surface area contributed by atoms with E-state index in [9.17, 15) is 18.0 Å². The number of methoxy groups -OCH3 is 2. The van der Waals surface area contributed by atoms with Gasteiger partial charge in [-0.25, -0.2) is 18.0 Å². The van der Waals surface area contributed by atoms with Crippen molar-refractivity contribution in [3.8, 4) is 0 Å². The van der Waals surface area contributed by atoms with Crippen LogP contribution in [0, 0.1) is 0 Å². The highest BCUT2D eigenvalue weighted by atomic mass is 35.5. The molecule has 146 valence electrons. The Labute approximate surface area is 159 Å². The summed E-state index contributed by atoms with van der Waals surface area (Å²) < 4.78 is 36.5. The number of halogens is 1. The summed E-state index contributed by atoms with van der Waals surface area (Å²) in [6.45, 7) is 0.730. The van der Waals surface area contributed by atoms with Crippen LogP contribution in [0.2, 0.25) is 0 Å². The summed E-state index contributed by atoms with van der Waals surface area (Å²) in [7, 11) is 0.381. The van der Waals surface area contributed by atoms with Gasteiger partial charge in [0.25, 0.3) is 0 Å². The zero-order valence-electron chi connectivity index (χ0n) is 14.9. The van der Waals surface area contributed by atoms with Gasteiger partial charge >= 0.3 is 11.9 Å². The number of rotatable bonds is 5. The van der Waals surface area contributed by atoms with Crippen molar-refractivity contribution in [2.45, 2.75) is 23.8 Å². The zero-order valence-corrected chi connectivity index (χ0v) is 16.5. The smallest absolute Gasteiger partial charge is 0.337 e. The SMILES string of the molecule is CNC1CCN(S(=O)(=O)c2cc(C(=O)OC)cc(C(=O)OC)c2)CC1.Cl. The summed E-state index contributed by atoms with van der Waals surface area (Å²) >= 11 is 0. The molecule has 0 spiro atoms. The fraction of sp³-hybridized carbons (Fsp3) is 0.500. The number of benzene rings is 1. The number of nitrogens with zero attached hydrogens (tertiary/aromatic N) is 1. The van der Waals surface area contributed by atoms with Crippen molar-refractivity contribution in [1.29, 1.82) is 0 Å². The Morgan fingerprint density at radius 1 is 1.04 bits per heavy atom. The molecule has 1 aliphatic rings. The van der Waals surface area contributed by atoms with Crippen LogP contribution >= 0.6 is 12.4 Å². The van der Waals surface area contributed by atoms with E-state index in [0.29, 0.717) is 25.9 Å². The van der Waals surface area contributed by atoms with Crippen LogP contribution in [0.15, 0.2) is 23.1 Å².